The van der Waals surface area contributed by atoms with Crippen LogP contribution in [0.1, 0.15) is 20.8 Å². The van der Waals surface area contributed by atoms with Gasteiger partial charge >= 0.3 is 5.97 Å². The average molecular weight is 355 g/mol. The fourth-order valence-electron chi connectivity index (χ4n) is 2.19. The molecule has 25 heavy (non-hydrogen) atoms. The lowest BCUT2D eigenvalue weighted by Gasteiger charge is -2.07. The summed E-state index contributed by atoms with van der Waals surface area (Å²) >= 11 is 1.20. The van der Waals surface area contributed by atoms with Crippen LogP contribution in [0.4, 0.5) is 5.00 Å². The number of aromatic hydroxyl groups is 1. The lowest BCUT2D eigenvalue weighted by Crippen LogP contribution is -2.15. The van der Waals surface area contributed by atoms with Crippen molar-refractivity contribution in [3.05, 3.63) is 59.5 Å². The van der Waals surface area contributed by atoms with Gasteiger partial charge in [-0.05, 0) is 17.7 Å². The fourth-order valence-corrected chi connectivity index (χ4v) is 3.14. The van der Waals surface area contributed by atoms with Gasteiger partial charge in [0.25, 0.3) is 5.91 Å². The van der Waals surface area contributed by atoms with Crippen LogP contribution in [0.5, 0.6) is 5.75 Å². The van der Waals surface area contributed by atoms with Gasteiger partial charge in [0.05, 0.1) is 13.3 Å². The molecular formula is C17H13N3O4S. The van der Waals surface area contributed by atoms with Crippen molar-refractivity contribution in [1.29, 1.82) is 0 Å². The van der Waals surface area contributed by atoms with Crippen molar-refractivity contribution >= 4 is 28.2 Å². The van der Waals surface area contributed by atoms with Crippen LogP contribution < -0.4 is 5.32 Å². The first kappa shape index (κ1) is 16.6. The number of hydrogen-bond acceptors (Lipinski definition) is 7. The molecule has 0 aliphatic carbocycles. The third-order valence-electron chi connectivity index (χ3n) is 3.38. The molecule has 0 bridgehead atoms. The van der Waals surface area contributed by atoms with Crippen LogP contribution in [0.15, 0.2) is 48.2 Å². The zero-order chi connectivity index (χ0) is 17.8. The summed E-state index contributed by atoms with van der Waals surface area (Å²) in [6.07, 6.45) is 4.21. The molecule has 0 aliphatic rings. The first-order valence-corrected chi connectivity index (χ1v) is 8.04. The van der Waals surface area contributed by atoms with Crippen LogP contribution >= 0.6 is 11.3 Å². The number of carbonyl (C=O) groups is 2. The predicted molar refractivity (Wildman–Crippen MR) is 92.7 cm³/mol. The van der Waals surface area contributed by atoms with Crippen molar-refractivity contribution in [2.24, 2.45) is 0 Å². The Labute approximate surface area is 147 Å². The molecule has 0 saturated heterocycles. The fraction of sp³-hybridized carbons (Fsp3) is 0.0588. The Morgan fingerprint density at radius 1 is 1.20 bits per heavy atom. The Hall–Kier alpha value is -3.26. The molecule has 1 amide bonds. The van der Waals surface area contributed by atoms with E-state index in [1.807, 2.05) is 0 Å². The summed E-state index contributed by atoms with van der Waals surface area (Å²) in [6, 6.07) is 6.40. The number of carbonyl (C=O) groups excluding carboxylic acids is 2. The minimum absolute atomic E-state index is 0.120. The van der Waals surface area contributed by atoms with Gasteiger partial charge in [-0.3, -0.25) is 9.78 Å². The third kappa shape index (κ3) is 3.48. The molecule has 0 radical (unpaired) electrons. The Bertz CT molecular complexity index is 907. The standard InChI is InChI=1S/C17H13N3O4S/c1-24-17(23)14-12(10-2-4-11(21)5-3-10)9-25-16(14)20-15(22)13-8-18-6-7-19-13/h2-9,21H,1H3,(H,20,22). The highest BCUT2D eigenvalue weighted by atomic mass is 32.1. The van der Waals surface area contributed by atoms with Crippen molar-refractivity contribution in [2.75, 3.05) is 12.4 Å². The van der Waals surface area contributed by atoms with E-state index in [2.05, 4.69) is 15.3 Å². The zero-order valence-electron chi connectivity index (χ0n) is 13.1. The summed E-state index contributed by atoms with van der Waals surface area (Å²) in [4.78, 5) is 32.3. The van der Waals surface area contributed by atoms with Gasteiger partial charge in [0.15, 0.2) is 0 Å². The van der Waals surface area contributed by atoms with Crippen LogP contribution in [-0.4, -0.2) is 34.1 Å². The van der Waals surface area contributed by atoms with Gasteiger partial charge in [0.2, 0.25) is 0 Å². The Kier molecular flexibility index (Phi) is 4.71. The van der Waals surface area contributed by atoms with Gasteiger partial charge in [-0.25, -0.2) is 9.78 Å². The highest BCUT2D eigenvalue weighted by molar-refractivity contribution is 7.15. The van der Waals surface area contributed by atoms with Crippen molar-refractivity contribution in [3.8, 4) is 16.9 Å². The molecule has 0 saturated carbocycles. The molecule has 126 valence electrons. The number of hydrogen-bond donors (Lipinski definition) is 2. The summed E-state index contributed by atoms with van der Waals surface area (Å²) in [7, 11) is 1.27. The van der Waals surface area contributed by atoms with Gasteiger partial charge < -0.3 is 15.2 Å². The molecule has 0 aliphatic heterocycles. The van der Waals surface area contributed by atoms with E-state index >= 15 is 0 Å². The quantitative estimate of drug-likeness (QED) is 0.698. The number of benzene rings is 1. The topological polar surface area (TPSA) is 101 Å². The van der Waals surface area contributed by atoms with Gasteiger partial charge in [-0.15, -0.1) is 11.3 Å². The van der Waals surface area contributed by atoms with Crippen molar-refractivity contribution in [2.45, 2.75) is 0 Å². The number of anilines is 1. The molecule has 0 spiro atoms. The first-order chi connectivity index (χ1) is 12.1. The molecule has 2 heterocycles. The minimum Gasteiger partial charge on any atom is -0.508 e. The summed E-state index contributed by atoms with van der Waals surface area (Å²) in [6.45, 7) is 0. The van der Waals surface area contributed by atoms with Crippen LogP contribution in [0.25, 0.3) is 11.1 Å². The van der Waals surface area contributed by atoms with Gasteiger partial charge in [-0.2, -0.15) is 0 Å². The maximum atomic E-state index is 12.3. The lowest BCUT2D eigenvalue weighted by molar-refractivity contribution is 0.0603. The zero-order valence-corrected chi connectivity index (χ0v) is 13.9. The number of methoxy groups -OCH3 is 1. The number of nitrogens with one attached hydrogen (secondary N) is 1. The second kappa shape index (κ2) is 7.10. The van der Waals surface area contributed by atoms with E-state index in [9.17, 15) is 14.7 Å². The summed E-state index contributed by atoms with van der Waals surface area (Å²) in [5.74, 6) is -0.925. The number of esters is 1. The van der Waals surface area contributed by atoms with Gasteiger partial charge in [-0.1, -0.05) is 12.1 Å². The summed E-state index contributed by atoms with van der Waals surface area (Å²) < 4.78 is 4.85. The van der Waals surface area contributed by atoms with Crippen LogP contribution in [0.2, 0.25) is 0 Å². The number of ether oxygens (including phenoxy) is 1. The molecular weight excluding hydrogens is 342 g/mol. The molecule has 7 nitrogen and oxygen atoms in total. The second-order valence-electron chi connectivity index (χ2n) is 4.94. The number of nitrogens with zero attached hydrogens (tertiary/aromatic N) is 2. The van der Waals surface area contributed by atoms with E-state index in [1.165, 1.54) is 49.2 Å². The van der Waals surface area contributed by atoms with Gasteiger partial charge in [0, 0.05) is 23.3 Å². The maximum absolute atomic E-state index is 12.3. The van der Waals surface area contributed by atoms with Crippen molar-refractivity contribution < 1.29 is 19.4 Å². The first-order valence-electron chi connectivity index (χ1n) is 7.16. The number of amides is 1. The van der Waals surface area contributed by atoms with E-state index in [0.29, 0.717) is 10.6 Å². The van der Waals surface area contributed by atoms with Crippen molar-refractivity contribution in [3.63, 3.8) is 0 Å². The van der Waals surface area contributed by atoms with Crippen LogP contribution in [0, 0.1) is 0 Å². The Morgan fingerprint density at radius 3 is 2.60 bits per heavy atom. The Balaban J connectivity index is 1.98. The number of phenolic OH excluding ortho intramolecular Hbond substituents is 1. The van der Waals surface area contributed by atoms with E-state index < -0.39 is 11.9 Å². The van der Waals surface area contributed by atoms with E-state index in [1.54, 1.807) is 17.5 Å². The highest BCUT2D eigenvalue weighted by Gasteiger charge is 2.23. The number of thiophene rings is 1. The minimum atomic E-state index is -0.571. The number of rotatable bonds is 4. The normalized spacial score (nSPS) is 10.3. The van der Waals surface area contributed by atoms with Crippen LogP contribution in [-0.2, 0) is 4.74 Å². The molecule has 0 fully saturated rings. The summed E-state index contributed by atoms with van der Waals surface area (Å²) in [5, 5.41) is 14.2. The molecule has 8 heteroatoms. The molecule has 0 atom stereocenters. The average Bonchev–Trinajstić information content (AvgIpc) is 3.06. The maximum Gasteiger partial charge on any atom is 0.341 e. The number of aromatic nitrogens is 2. The molecule has 1 aromatic carbocycles. The Morgan fingerprint density at radius 2 is 1.96 bits per heavy atom. The monoisotopic (exact) mass is 355 g/mol. The molecule has 2 N–H and O–H groups in total. The van der Waals surface area contributed by atoms with Crippen LogP contribution in [0.3, 0.4) is 0 Å². The SMILES string of the molecule is COC(=O)c1c(-c2ccc(O)cc2)csc1NC(=O)c1cnccn1. The molecule has 3 aromatic rings. The summed E-state index contributed by atoms with van der Waals surface area (Å²) in [5.41, 5.74) is 1.70. The second-order valence-corrected chi connectivity index (χ2v) is 5.82. The van der Waals surface area contributed by atoms with Crippen molar-refractivity contribution in [1.82, 2.24) is 9.97 Å². The molecule has 3 rings (SSSR count). The highest BCUT2D eigenvalue weighted by Crippen LogP contribution is 2.36. The van der Waals surface area contributed by atoms with E-state index in [0.717, 1.165) is 5.56 Å². The smallest absolute Gasteiger partial charge is 0.341 e. The van der Waals surface area contributed by atoms with E-state index in [4.69, 9.17) is 4.74 Å². The third-order valence-corrected chi connectivity index (χ3v) is 4.28. The van der Waals surface area contributed by atoms with Gasteiger partial charge in [0.1, 0.15) is 22.0 Å². The molecule has 0 unspecified atom stereocenters. The largest absolute Gasteiger partial charge is 0.508 e. The van der Waals surface area contributed by atoms with E-state index in [-0.39, 0.29) is 17.0 Å². The molecule has 2 aromatic heterocycles. The number of phenols is 1. The predicted octanol–water partition coefficient (Wildman–Crippen LogP) is 2.95. The lowest BCUT2D eigenvalue weighted by atomic mass is 10.0.